The largest absolute Gasteiger partial charge is 0.299 e. The van der Waals surface area contributed by atoms with Crippen LogP contribution < -0.4 is 0 Å². The van der Waals surface area contributed by atoms with E-state index in [4.69, 9.17) is 10.7 Å². The van der Waals surface area contributed by atoms with Crippen molar-refractivity contribution in [1.29, 1.82) is 0 Å². The highest BCUT2D eigenvalue weighted by Gasteiger charge is 2.44. The van der Waals surface area contributed by atoms with Gasteiger partial charge < -0.3 is 0 Å². The van der Waals surface area contributed by atoms with E-state index in [1.54, 1.807) is 0 Å². The number of hydrogen-bond acceptors (Lipinski definition) is 3. The van der Waals surface area contributed by atoms with Crippen LogP contribution in [0.4, 0.5) is 0 Å². The van der Waals surface area contributed by atoms with E-state index in [0.717, 1.165) is 25.9 Å². The number of hydrogen-bond donors (Lipinski definition) is 0. The molecule has 1 aliphatic heterocycles. The molecule has 1 aliphatic carbocycles. The van der Waals surface area contributed by atoms with Crippen LogP contribution in [-0.2, 0) is 9.05 Å². The van der Waals surface area contributed by atoms with E-state index >= 15 is 0 Å². The third-order valence-electron chi connectivity index (χ3n) is 4.14. The van der Waals surface area contributed by atoms with Crippen molar-refractivity contribution in [3.05, 3.63) is 0 Å². The Morgan fingerprint density at radius 2 is 1.94 bits per heavy atom. The maximum absolute atomic E-state index is 11.6. The van der Waals surface area contributed by atoms with Gasteiger partial charge >= 0.3 is 0 Å². The lowest BCUT2D eigenvalue weighted by Crippen LogP contribution is -2.55. The van der Waals surface area contributed by atoms with Gasteiger partial charge in [-0.1, -0.05) is 13.3 Å². The second kappa shape index (κ2) is 4.83. The molecule has 0 radical (unpaired) electrons. The average Bonchev–Trinajstić information content (AvgIpc) is 2.26. The van der Waals surface area contributed by atoms with Gasteiger partial charge in [-0.3, -0.25) is 4.90 Å². The van der Waals surface area contributed by atoms with Crippen molar-refractivity contribution in [1.82, 2.24) is 4.90 Å². The van der Waals surface area contributed by atoms with Crippen LogP contribution in [0.1, 0.15) is 39.0 Å². The van der Waals surface area contributed by atoms with E-state index in [1.165, 1.54) is 19.3 Å². The van der Waals surface area contributed by atoms with E-state index < -0.39 is 9.05 Å². The van der Waals surface area contributed by atoms with Crippen LogP contribution in [0.3, 0.4) is 0 Å². The lowest BCUT2D eigenvalue weighted by molar-refractivity contribution is 0.0688. The van der Waals surface area contributed by atoms with Crippen LogP contribution in [0.5, 0.6) is 0 Å². The SMILES string of the molecule is CCN1CCC[C@@H]2CCC[C@H](S(=O)(=O)Cl)[C@H]21. The van der Waals surface area contributed by atoms with Gasteiger partial charge in [0.2, 0.25) is 9.05 Å². The predicted molar refractivity (Wildman–Crippen MR) is 66.2 cm³/mol. The second-order valence-electron chi connectivity index (χ2n) is 4.97. The highest BCUT2D eigenvalue weighted by Crippen LogP contribution is 2.39. The number of nitrogens with zero attached hydrogens (tertiary/aromatic N) is 1. The Kier molecular flexibility index (Phi) is 3.82. The fraction of sp³-hybridized carbons (Fsp3) is 1.00. The summed E-state index contributed by atoms with van der Waals surface area (Å²) in [4.78, 5) is 2.32. The first-order chi connectivity index (χ1) is 7.54. The molecule has 0 amide bonds. The summed E-state index contributed by atoms with van der Waals surface area (Å²) in [5.41, 5.74) is 0. The quantitative estimate of drug-likeness (QED) is 0.719. The van der Waals surface area contributed by atoms with E-state index in [1.807, 2.05) is 0 Å². The Balaban J connectivity index is 2.25. The number of fused-ring (bicyclic) bond motifs is 1. The molecular formula is C11H20ClNO2S. The predicted octanol–water partition coefficient (Wildman–Crippen LogP) is 2.21. The number of piperidine rings is 1. The Morgan fingerprint density at radius 1 is 1.25 bits per heavy atom. The molecule has 1 heterocycles. The minimum Gasteiger partial charge on any atom is -0.299 e. The molecular weight excluding hydrogens is 246 g/mol. The zero-order valence-corrected chi connectivity index (χ0v) is 11.3. The van der Waals surface area contributed by atoms with E-state index in [0.29, 0.717) is 5.92 Å². The van der Waals surface area contributed by atoms with Crippen molar-refractivity contribution in [3.63, 3.8) is 0 Å². The Morgan fingerprint density at radius 3 is 2.56 bits per heavy atom. The topological polar surface area (TPSA) is 37.4 Å². The molecule has 1 saturated carbocycles. The van der Waals surface area contributed by atoms with Crippen molar-refractivity contribution in [2.75, 3.05) is 13.1 Å². The maximum atomic E-state index is 11.6. The molecule has 0 spiro atoms. The molecule has 0 unspecified atom stereocenters. The van der Waals surface area contributed by atoms with Crippen LogP contribution in [0, 0.1) is 5.92 Å². The zero-order valence-electron chi connectivity index (χ0n) is 9.73. The van der Waals surface area contributed by atoms with Crippen LogP contribution >= 0.6 is 10.7 Å². The van der Waals surface area contributed by atoms with Crippen molar-refractivity contribution < 1.29 is 8.42 Å². The van der Waals surface area contributed by atoms with Gasteiger partial charge in [0, 0.05) is 16.7 Å². The van der Waals surface area contributed by atoms with Gasteiger partial charge in [-0.25, -0.2) is 8.42 Å². The summed E-state index contributed by atoms with van der Waals surface area (Å²) >= 11 is 0. The Hall–Kier alpha value is 0.200. The molecule has 0 aromatic rings. The average molecular weight is 266 g/mol. The highest BCUT2D eigenvalue weighted by atomic mass is 35.7. The molecule has 2 rings (SSSR count). The summed E-state index contributed by atoms with van der Waals surface area (Å²) in [6.45, 7) is 4.07. The van der Waals surface area contributed by atoms with Crippen LogP contribution in [-0.4, -0.2) is 37.7 Å². The number of halogens is 1. The zero-order chi connectivity index (χ0) is 11.8. The Bertz CT molecular complexity index is 335. The molecule has 0 aromatic carbocycles. The van der Waals surface area contributed by atoms with Gasteiger partial charge in [-0.05, 0) is 44.7 Å². The van der Waals surface area contributed by atoms with Crippen molar-refractivity contribution in [2.24, 2.45) is 5.92 Å². The van der Waals surface area contributed by atoms with Crippen molar-refractivity contribution in [2.45, 2.75) is 50.3 Å². The molecule has 0 N–H and O–H groups in total. The molecule has 0 bridgehead atoms. The van der Waals surface area contributed by atoms with Crippen LogP contribution in [0.15, 0.2) is 0 Å². The summed E-state index contributed by atoms with van der Waals surface area (Å²) in [7, 11) is 2.19. The fourth-order valence-electron chi connectivity index (χ4n) is 3.46. The first-order valence-corrected chi connectivity index (χ1v) is 8.59. The van der Waals surface area contributed by atoms with Crippen LogP contribution in [0.2, 0.25) is 0 Å². The normalized spacial score (nSPS) is 37.0. The third-order valence-corrected chi connectivity index (χ3v) is 6.06. The molecule has 0 aromatic heterocycles. The first kappa shape index (κ1) is 12.7. The van der Waals surface area contributed by atoms with Crippen molar-refractivity contribution >= 4 is 19.7 Å². The molecule has 2 fully saturated rings. The number of likely N-dealkylation sites (tertiary alicyclic amines) is 1. The second-order valence-corrected chi connectivity index (χ2v) is 7.81. The standard InChI is InChI=1S/C11H20ClNO2S/c1-2-13-8-4-6-9-5-3-7-10(11(9)13)16(12,14)15/h9-11H,2-8H2,1H3/t9-,10-,11-/m0/s1. The molecule has 5 heteroatoms. The molecule has 3 nitrogen and oxygen atoms in total. The molecule has 16 heavy (non-hydrogen) atoms. The minimum absolute atomic E-state index is 0.176. The summed E-state index contributed by atoms with van der Waals surface area (Å²) in [6.07, 6.45) is 5.29. The summed E-state index contributed by atoms with van der Waals surface area (Å²) in [6, 6.07) is 0.176. The fourth-order valence-corrected chi connectivity index (χ4v) is 5.22. The molecule has 1 saturated heterocycles. The smallest absolute Gasteiger partial charge is 0.237 e. The monoisotopic (exact) mass is 265 g/mol. The highest BCUT2D eigenvalue weighted by molar-refractivity contribution is 8.14. The summed E-state index contributed by atoms with van der Waals surface area (Å²) in [5, 5.41) is -0.340. The number of rotatable bonds is 2. The third kappa shape index (κ3) is 2.39. The van der Waals surface area contributed by atoms with Gasteiger partial charge in [0.15, 0.2) is 0 Å². The minimum atomic E-state index is -3.41. The summed E-state index contributed by atoms with van der Waals surface area (Å²) in [5.74, 6) is 0.543. The van der Waals surface area contributed by atoms with Gasteiger partial charge in [0.25, 0.3) is 0 Å². The lowest BCUT2D eigenvalue weighted by Gasteiger charge is -2.46. The van der Waals surface area contributed by atoms with Gasteiger partial charge in [-0.15, -0.1) is 0 Å². The van der Waals surface area contributed by atoms with Gasteiger partial charge in [-0.2, -0.15) is 0 Å². The summed E-state index contributed by atoms with van der Waals surface area (Å²) < 4.78 is 23.3. The Labute approximate surface area is 103 Å². The van der Waals surface area contributed by atoms with Crippen molar-refractivity contribution in [3.8, 4) is 0 Å². The van der Waals surface area contributed by atoms with E-state index in [-0.39, 0.29) is 11.3 Å². The van der Waals surface area contributed by atoms with E-state index in [9.17, 15) is 8.42 Å². The first-order valence-electron chi connectivity index (χ1n) is 6.21. The van der Waals surface area contributed by atoms with E-state index in [2.05, 4.69) is 11.8 Å². The lowest BCUT2D eigenvalue weighted by atomic mass is 9.78. The van der Waals surface area contributed by atoms with Gasteiger partial charge in [0.05, 0.1) is 5.25 Å². The molecule has 3 atom stereocenters. The maximum Gasteiger partial charge on any atom is 0.237 e. The van der Waals surface area contributed by atoms with Crippen LogP contribution in [0.25, 0.3) is 0 Å². The van der Waals surface area contributed by atoms with Gasteiger partial charge in [0.1, 0.15) is 0 Å². The molecule has 94 valence electrons. The molecule has 2 aliphatic rings.